The van der Waals surface area contributed by atoms with E-state index in [0.29, 0.717) is 25.0 Å². The molecule has 2 aromatic carbocycles. The number of hydrogen-bond acceptors (Lipinski definition) is 3. The molecule has 4 heteroatoms. The van der Waals surface area contributed by atoms with Crippen LogP contribution in [-0.2, 0) is 4.79 Å². The van der Waals surface area contributed by atoms with Crippen molar-refractivity contribution in [3.8, 4) is 11.5 Å². The molecule has 0 spiro atoms. The van der Waals surface area contributed by atoms with Crippen LogP contribution in [0.15, 0.2) is 42.5 Å². The highest BCUT2D eigenvalue weighted by molar-refractivity contribution is 5.80. The first-order valence-electron chi connectivity index (χ1n) is 10.1. The number of nitrogens with one attached hydrogen (secondary N) is 1. The molecule has 0 fully saturated rings. The van der Waals surface area contributed by atoms with Crippen LogP contribution >= 0.6 is 0 Å². The van der Waals surface area contributed by atoms with Gasteiger partial charge < -0.3 is 14.8 Å². The van der Waals surface area contributed by atoms with E-state index in [9.17, 15) is 4.79 Å². The molecule has 28 heavy (non-hydrogen) atoms. The van der Waals surface area contributed by atoms with Crippen molar-refractivity contribution in [3.63, 3.8) is 0 Å². The molecule has 2 rings (SSSR count). The number of amides is 1. The van der Waals surface area contributed by atoms with Gasteiger partial charge in [0.15, 0.2) is 6.10 Å². The van der Waals surface area contributed by atoms with Crippen molar-refractivity contribution < 1.29 is 14.3 Å². The fourth-order valence-electron chi connectivity index (χ4n) is 3.03. The first-order chi connectivity index (χ1) is 13.3. The fraction of sp³-hybridized carbons (Fsp3) is 0.458. The van der Waals surface area contributed by atoms with Gasteiger partial charge in [-0.1, -0.05) is 58.0 Å². The minimum atomic E-state index is -0.567. The summed E-state index contributed by atoms with van der Waals surface area (Å²) in [6.07, 6.45) is -0.567. The first kappa shape index (κ1) is 21.8. The normalized spacial score (nSPS) is 12.1. The molecule has 0 aliphatic carbocycles. The van der Waals surface area contributed by atoms with Gasteiger partial charge in [0.25, 0.3) is 5.91 Å². The second kappa shape index (κ2) is 10.2. The molecule has 1 atom stereocenters. The topological polar surface area (TPSA) is 47.6 Å². The summed E-state index contributed by atoms with van der Waals surface area (Å²) in [5.41, 5.74) is 3.40. The fourth-order valence-corrected chi connectivity index (χ4v) is 3.03. The maximum Gasteiger partial charge on any atom is 0.260 e. The van der Waals surface area contributed by atoms with Gasteiger partial charge in [-0.3, -0.25) is 4.79 Å². The van der Waals surface area contributed by atoms with E-state index in [4.69, 9.17) is 9.47 Å². The van der Waals surface area contributed by atoms with Gasteiger partial charge in [0.2, 0.25) is 0 Å². The van der Waals surface area contributed by atoms with E-state index in [-0.39, 0.29) is 5.91 Å². The number of carbonyl (C=O) groups is 1. The molecule has 1 amide bonds. The average molecular weight is 384 g/mol. The molecule has 4 nitrogen and oxygen atoms in total. The number of benzene rings is 2. The van der Waals surface area contributed by atoms with E-state index in [1.54, 1.807) is 6.92 Å². The molecular formula is C24H33NO3. The summed E-state index contributed by atoms with van der Waals surface area (Å²) < 4.78 is 11.8. The van der Waals surface area contributed by atoms with Crippen LogP contribution in [0.5, 0.6) is 11.5 Å². The predicted octanol–water partition coefficient (Wildman–Crippen LogP) is 5.20. The number of ether oxygens (including phenoxy) is 2. The zero-order valence-corrected chi connectivity index (χ0v) is 17.9. The highest BCUT2D eigenvalue weighted by Gasteiger charge is 2.17. The summed E-state index contributed by atoms with van der Waals surface area (Å²) in [7, 11) is 0. The van der Waals surface area contributed by atoms with Gasteiger partial charge in [-0.25, -0.2) is 0 Å². The number of rotatable bonds is 9. The molecular weight excluding hydrogens is 350 g/mol. The Morgan fingerprint density at radius 1 is 0.929 bits per heavy atom. The maximum atomic E-state index is 12.4. The van der Waals surface area contributed by atoms with E-state index in [1.807, 2.05) is 31.2 Å². The largest absolute Gasteiger partial charge is 0.491 e. The van der Waals surface area contributed by atoms with Gasteiger partial charge in [0.1, 0.15) is 18.1 Å². The van der Waals surface area contributed by atoms with Crippen molar-refractivity contribution in [2.45, 2.75) is 59.5 Å². The smallest absolute Gasteiger partial charge is 0.260 e. The zero-order valence-electron chi connectivity index (χ0n) is 17.9. The third-order valence-electron chi connectivity index (χ3n) is 4.66. The summed E-state index contributed by atoms with van der Waals surface area (Å²) in [5.74, 6) is 2.23. The molecule has 152 valence electrons. The molecule has 0 bridgehead atoms. The lowest BCUT2D eigenvalue weighted by molar-refractivity contribution is -0.127. The molecule has 0 aliphatic heterocycles. The van der Waals surface area contributed by atoms with Crippen LogP contribution in [0.4, 0.5) is 0 Å². The molecule has 0 heterocycles. The SMILES string of the molecule is Cc1ccc(C(C)C)c(O[C@H](C)C(=O)NCCOc2ccccc2C(C)C)c1. The Labute approximate surface area is 169 Å². The third-order valence-corrected chi connectivity index (χ3v) is 4.66. The van der Waals surface area contributed by atoms with Crippen LogP contribution in [0, 0.1) is 6.92 Å². The first-order valence-corrected chi connectivity index (χ1v) is 10.1. The molecule has 2 aromatic rings. The van der Waals surface area contributed by atoms with Crippen LogP contribution < -0.4 is 14.8 Å². The highest BCUT2D eigenvalue weighted by atomic mass is 16.5. The lowest BCUT2D eigenvalue weighted by atomic mass is 10.0. The van der Waals surface area contributed by atoms with Crippen LogP contribution in [0.25, 0.3) is 0 Å². The van der Waals surface area contributed by atoms with E-state index in [1.165, 1.54) is 5.56 Å². The quantitative estimate of drug-likeness (QED) is 0.605. The number of carbonyl (C=O) groups excluding carboxylic acids is 1. The van der Waals surface area contributed by atoms with Gasteiger partial charge in [-0.05, 0) is 54.5 Å². The summed E-state index contributed by atoms with van der Waals surface area (Å²) in [6.45, 7) is 13.2. The Kier molecular flexibility index (Phi) is 7.91. The highest BCUT2D eigenvalue weighted by Crippen LogP contribution is 2.28. The second-order valence-corrected chi connectivity index (χ2v) is 7.79. The van der Waals surface area contributed by atoms with Crippen LogP contribution in [-0.4, -0.2) is 25.2 Å². The van der Waals surface area contributed by atoms with E-state index < -0.39 is 6.10 Å². The summed E-state index contributed by atoms with van der Waals surface area (Å²) in [4.78, 5) is 12.4. The van der Waals surface area contributed by atoms with Crippen molar-refractivity contribution in [1.82, 2.24) is 5.32 Å². The minimum Gasteiger partial charge on any atom is -0.491 e. The van der Waals surface area contributed by atoms with Gasteiger partial charge in [0, 0.05) is 0 Å². The molecule has 0 aromatic heterocycles. The van der Waals surface area contributed by atoms with Crippen molar-refractivity contribution in [2.24, 2.45) is 0 Å². The third kappa shape index (κ3) is 6.01. The van der Waals surface area contributed by atoms with Crippen molar-refractivity contribution in [1.29, 1.82) is 0 Å². The van der Waals surface area contributed by atoms with E-state index in [2.05, 4.69) is 51.2 Å². The van der Waals surface area contributed by atoms with E-state index in [0.717, 1.165) is 22.6 Å². The Hall–Kier alpha value is -2.49. The van der Waals surface area contributed by atoms with Crippen molar-refractivity contribution in [2.75, 3.05) is 13.2 Å². The Bertz CT molecular complexity index is 783. The lowest BCUT2D eigenvalue weighted by Crippen LogP contribution is -2.38. The summed E-state index contributed by atoms with van der Waals surface area (Å²) in [5, 5.41) is 2.90. The molecule has 1 N–H and O–H groups in total. The minimum absolute atomic E-state index is 0.142. The van der Waals surface area contributed by atoms with Crippen LogP contribution in [0.2, 0.25) is 0 Å². The van der Waals surface area contributed by atoms with Crippen molar-refractivity contribution >= 4 is 5.91 Å². The van der Waals surface area contributed by atoms with Crippen molar-refractivity contribution in [3.05, 3.63) is 59.2 Å². The van der Waals surface area contributed by atoms with Gasteiger partial charge in [-0.2, -0.15) is 0 Å². The molecule has 0 radical (unpaired) electrons. The van der Waals surface area contributed by atoms with Gasteiger partial charge >= 0.3 is 0 Å². The Morgan fingerprint density at radius 3 is 2.25 bits per heavy atom. The van der Waals surface area contributed by atoms with Gasteiger partial charge in [-0.15, -0.1) is 0 Å². The number of aryl methyl sites for hydroxylation is 1. The predicted molar refractivity (Wildman–Crippen MR) is 114 cm³/mol. The molecule has 0 unspecified atom stereocenters. The number of hydrogen-bond donors (Lipinski definition) is 1. The second-order valence-electron chi connectivity index (χ2n) is 7.79. The lowest BCUT2D eigenvalue weighted by Gasteiger charge is -2.19. The Morgan fingerprint density at radius 2 is 1.57 bits per heavy atom. The monoisotopic (exact) mass is 383 g/mol. The van der Waals surface area contributed by atoms with Gasteiger partial charge in [0.05, 0.1) is 6.54 Å². The zero-order chi connectivity index (χ0) is 20.7. The van der Waals surface area contributed by atoms with E-state index >= 15 is 0 Å². The molecule has 0 saturated heterocycles. The maximum absolute atomic E-state index is 12.4. The summed E-state index contributed by atoms with van der Waals surface area (Å²) in [6, 6.07) is 14.1. The standard InChI is InChI=1S/C24H33NO3/c1-16(2)20-9-7-8-10-22(20)27-14-13-25-24(26)19(6)28-23-15-18(5)11-12-21(23)17(3)4/h7-12,15-17,19H,13-14H2,1-6H3,(H,25,26)/t19-/m1/s1. The molecule has 0 aliphatic rings. The van der Waals surface area contributed by atoms with Crippen LogP contribution in [0.3, 0.4) is 0 Å². The molecule has 0 saturated carbocycles. The Balaban J connectivity index is 1.86. The van der Waals surface area contributed by atoms with Crippen LogP contribution in [0.1, 0.15) is 63.1 Å². The number of para-hydroxylation sites is 1. The average Bonchev–Trinajstić information content (AvgIpc) is 2.65. The summed E-state index contributed by atoms with van der Waals surface area (Å²) >= 11 is 0.